The minimum Gasteiger partial charge on any atom is -0.382 e. The molecule has 4 rings (SSSR count). The highest BCUT2D eigenvalue weighted by Crippen LogP contribution is 2.32. The van der Waals surface area contributed by atoms with Crippen LogP contribution in [0, 0.1) is 12.7 Å². The molecule has 0 bridgehead atoms. The van der Waals surface area contributed by atoms with Crippen LogP contribution in [0.25, 0.3) is 16.2 Å². The lowest BCUT2D eigenvalue weighted by Gasteiger charge is -2.14. The second kappa shape index (κ2) is 8.23. The van der Waals surface area contributed by atoms with Crippen LogP contribution in [0.3, 0.4) is 0 Å². The molecule has 0 fully saturated rings. The molecule has 0 aliphatic carbocycles. The number of likely N-dealkylation sites (N-methyl/N-ethyl adjacent to an activating group) is 1. The predicted octanol–water partition coefficient (Wildman–Crippen LogP) is 4.17. The Morgan fingerprint density at radius 1 is 1.37 bits per heavy atom. The molecule has 0 saturated carbocycles. The molecule has 1 aliphatic rings. The van der Waals surface area contributed by atoms with E-state index in [0.717, 1.165) is 31.8 Å². The summed E-state index contributed by atoms with van der Waals surface area (Å²) in [6.07, 6.45) is 5.20. The van der Waals surface area contributed by atoms with E-state index in [2.05, 4.69) is 15.6 Å². The van der Waals surface area contributed by atoms with Gasteiger partial charge in [0.1, 0.15) is 5.82 Å². The molecule has 3 aromatic rings. The zero-order chi connectivity index (χ0) is 21.3. The number of halogens is 1. The van der Waals surface area contributed by atoms with Crippen molar-refractivity contribution in [2.45, 2.75) is 19.9 Å². The standard InChI is InChI=1S/C22H21FN4O2S/c1-13-16-10-15(23)4-5-18(16)30-19(13)12-27(2)21(29)6-3-14-9-17-22(25-11-14)26-20(28)7-8-24-17/h3-6,9-11,24H,7-8,12H2,1-2H3,(H,25,26,28)/b6-3+. The van der Waals surface area contributed by atoms with Crippen LogP contribution in [-0.4, -0.2) is 35.3 Å². The summed E-state index contributed by atoms with van der Waals surface area (Å²) >= 11 is 1.57. The first-order valence-electron chi connectivity index (χ1n) is 9.55. The second-order valence-electron chi connectivity index (χ2n) is 7.21. The van der Waals surface area contributed by atoms with Gasteiger partial charge < -0.3 is 15.5 Å². The van der Waals surface area contributed by atoms with Gasteiger partial charge in [0, 0.05) is 41.9 Å². The Bertz CT molecular complexity index is 1170. The SMILES string of the molecule is Cc1c(CN(C)C(=O)/C=C/c2cnc3c(c2)NCCC(=O)N3)sc2ccc(F)cc12. The minimum absolute atomic E-state index is 0.0758. The molecule has 8 heteroatoms. The molecule has 0 unspecified atom stereocenters. The van der Waals surface area contributed by atoms with E-state index in [-0.39, 0.29) is 17.6 Å². The first kappa shape index (κ1) is 20.0. The molecule has 2 N–H and O–H groups in total. The van der Waals surface area contributed by atoms with E-state index in [4.69, 9.17) is 0 Å². The quantitative estimate of drug-likeness (QED) is 0.617. The van der Waals surface area contributed by atoms with Crippen molar-refractivity contribution in [2.24, 2.45) is 0 Å². The number of hydrogen-bond donors (Lipinski definition) is 2. The summed E-state index contributed by atoms with van der Waals surface area (Å²) in [7, 11) is 1.74. The first-order valence-corrected chi connectivity index (χ1v) is 10.4. The van der Waals surface area contributed by atoms with Gasteiger partial charge in [0.25, 0.3) is 0 Å². The Kier molecular flexibility index (Phi) is 5.50. The number of hydrogen-bond acceptors (Lipinski definition) is 5. The number of aromatic nitrogens is 1. The van der Waals surface area contributed by atoms with Crippen molar-refractivity contribution in [3.05, 3.63) is 58.4 Å². The van der Waals surface area contributed by atoms with E-state index in [1.54, 1.807) is 41.6 Å². The van der Waals surface area contributed by atoms with Gasteiger partial charge in [-0.15, -0.1) is 11.3 Å². The molecule has 0 spiro atoms. The smallest absolute Gasteiger partial charge is 0.246 e. The fraction of sp³-hybridized carbons (Fsp3) is 0.227. The van der Waals surface area contributed by atoms with Crippen molar-refractivity contribution in [2.75, 3.05) is 24.2 Å². The van der Waals surface area contributed by atoms with Crippen LogP contribution in [0.2, 0.25) is 0 Å². The fourth-order valence-electron chi connectivity index (χ4n) is 3.29. The number of carbonyl (C=O) groups excluding carboxylic acids is 2. The van der Waals surface area contributed by atoms with Crippen molar-refractivity contribution < 1.29 is 14.0 Å². The molecular weight excluding hydrogens is 403 g/mol. The molecule has 6 nitrogen and oxygen atoms in total. The van der Waals surface area contributed by atoms with E-state index in [9.17, 15) is 14.0 Å². The summed E-state index contributed by atoms with van der Waals surface area (Å²) in [6.45, 7) is 2.94. The van der Waals surface area contributed by atoms with Crippen molar-refractivity contribution >= 4 is 50.8 Å². The van der Waals surface area contributed by atoms with Crippen molar-refractivity contribution in [1.82, 2.24) is 9.88 Å². The van der Waals surface area contributed by atoms with Gasteiger partial charge >= 0.3 is 0 Å². The Balaban J connectivity index is 1.46. The van der Waals surface area contributed by atoms with Crippen LogP contribution in [0.5, 0.6) is 0 Å². The normalized spacial score (nSPS) is 13.6. The van der Waals surface area contributed by atoms with Gasteiger partial charge in [-0.1, -0.05) is 0 Å². The molecule has 2 amide bonds. The molecule has 154 valence electrons. The topological polar surface area (TPSA) is 74.3 Å². The van der Waals surface area contributed by atoms with Crippen molar-refractivity contribution in [3.63, 3.8) is 0 Å². The average molecular weight is 425 g/mol. The average Bonchev–Trinajstić information content (AvgIpc) is 2.90. The maximum atomic E-state index is 13.5. The van der Waals surface area contributed by atoms with Gasteiger partial charge in [0.2, 0.25) is 11.8 Å². The van der Waals surface area contributed by atoms with Crippen LogP contribution in [0.15, 0.2) is 36.5 Å². The lowest BCUT2D eigenvalue weighted by Crippen LogP contribution is -2.23. The summed E-state index contributed by atoms with van der Waals surface area (Å²) in [6, 6.07) is 6.61. The Hall–Kier alpha value is -3.26. The Labute approximate surface area is 177 Å². The molecule has 0 saturated heterocycles. The maximum Gasteiger partial charge on any atom is 0.246 e. The molecule has 1 aliphatic heterocycles. The molecule has 30 heavy (non-hydrogen) atoms. The minimum atomic E-state index is -0.259. The molecule has 2 aromatic heterocycles. The third-order valence-corrected chi connectivity index (χ3v) is 6.26. The fourth-order valence-corrected chi connectivity index (χ4v) is 4.54. The summed E-state index contributed by atoms with van der Waals surface area (Å²) in [4.78, 5) is 31.1. The molecule has 0 radical (unpaired) electrons. The molecular formula is C22H21FN4O2S. The van der Waals surface area contributed by atoms with E-state index < -0.39 is 0 Å². The van der Waals surface area contributed by atoms with Crippen LogP contribution in [0.1, 0.15) is 22.4 Å². The number of fused-ring (bicyclic) bond motifs is 2. The highest BCUT2D eigenvalue weighted by molar-refractivity contribution is 7.19. The number of amides is 2. The zero-order valence-electron chi connectivity index (χ0n) is 16.7. The zero-order valence-corrected chi connectivity index (χ0v) is 17.5. The number of benzene rings is 1. The number of nitrogens with one attached hydrogen (secondary N) is 2. The van der Waals surface area contributed by atoms with Crippen molar-refractivity contribution in [3.8, 4) is 0 Å². The summed E-state index contributed by atoms with van der Waals surface area (Å²) in [5.41, 5.74) is 2.49. The van der Waals surface area contributed by atoms with Crippen LogP contribution in [-0.2, 0) is 16.1 Å². The lowest BCUT2D eigenvalue weighted by molar-refractivity contribution is -0.125. The van der Waals surface area contributed by atoms with Gasteiger partial charge in [0.15, 0.2) is 5.82 Å². The number of carbonyl (C=O) groups is 2. The van der Waals surface area contributed by atoms with E-state index in [1.807, 2.05) is 13.0 Å². The highest BCUT2D eigenvalue weighted by atomic mass is 32.1. The third-order valence-electron chi connectivity index (χ3n) is 5.01. The third kappa shape index (κ3) is 4.18. The van der Waals surface area contributed by atoms with Crippen LogP contribution < -0.4 is 10.6 Å². The number of anilines is 2. The Morgan fingerprint density at radius 2 is 2.20 bits per heavy atom. The number of thiophene rings is 1. The van der Waals surface area contributed by atoms with Crippen LogP contribution >= 0.6 is 11.3 Å². The predicted molar refractivity (Wildman–Crippen MR) is 118 cm³/mol. The summed E-state index contributed by atoms with van der Waals surface area (Å²) in [5.74, 6) is 0.0165. The number of aryl methyl sites for hydroxylation is 1. The van der Waals surface area contributed by atoms with E-state index in [0.29, 0.717) is 25.3 Å². The van der Waals surface area contributed by atoms with Gasteiger partial charge in [0.05, 0.1) is 12.2 Å². The first-order chi connectivity index (χ1) is 14.4. The summed E-state index contributed by atoms with van der Waals surface area (Å²) in [5, 5.41) is 6.80. The van der Waals surface area contributed by atoms with E-state index in [1.165, 1.54) is 18.2 Å². The largest absolute Gasteiger partial charge is 0.382 e. The number of nitrogens with zero attached hydrogens (tertiary/aromatic N) is 2. The van der Waals surface area contributed by atoms with Gasteiger partial charge in [-0.3, -0.25) is 9.59 Å². The second-order valence-corrected chi connectivity index (χ2v) is 8.34. The molecule has 3 heterocycles. The highest BCUT2D eigenvalue weighted by Gasteiger charge is 2.15. The van der Waals surface area contributed by atoms with Crippen LogP contribution in [0.4, 0.5) is 15.9 Å². The molecule has 0 atom stereocenters. The summed E-state index contributed by atoms with van der Waals surface area (Å²) < 4.78 is 14.5. The van der Waals surface area contributed by atoms with Gasteiger partial charge in [-0.05, 0) is 53.8 Å². The van der Waals surface area contributed by atoms with Crippen molar-refractivity contribution in [1.29, 1.82) is 0 Å². The van der Waals surface area contributed by atoms with Gasteiger partial charge in [-0.25, -0.2) is 9.37 Å². The lowest BCUT2D eigenvalue weighted by atomic mass is 10.1. The monoisotopic (exact) mass is 424 g/mol. The Morgan fingerprint density at radius 3 is 3.03 bits per heavy atom. The maximum absolute atomic E-state index is 13.5. The van der Waals surface area contributed by atoms with Gasteiger partial charge in [-0.2, -0.15) is 0 Å². The van der Waals surface area contributed by atoms with E-state index >= 15 is 0 Å². The number of pyridine rings is 1. The molecule has 1 aromatic carbocycles. The number of rotatable bonds is 4.